The summed E-state index contributed by atoms with van der Waals surface area (Å²) in [5, 5.41) is 8.60. The molecule has 62 valence electrons. The van der Waals surface area contributed by atoms with Gasteiger partial charge >= 0.3 is 0 Å². The van der Waals surface area contributed by atoms with Crippen molar-refractivity contribution in [3.05, 3.63) is 23.0 Å². The van der Waals surface area contributed by atoms with Crippen LogP contribution in [0.4, 0.5) is 0 Å². The quantitative estimate of drug-likeness (QED) is 0.629. The van der Waals surface area contributed by atoms with Gasteiger partial charge in [-0.15, -0.1) is 0 Å². The zero-order valence-corrected chi connectivity index (χ0v) is 7.38. The summed E-state index contributed by atoms with van der Waals surface area (Å²) in [6.07, 6.45) is 0. The van der Waals surface area contributed by atoms with Crippen LogP contribution in [0.5, 0.6) is 5.75 Å². The van der Waals surface area contributed by atoms with E-state index in [1.165, 1.54) is 0 Å². The second-order valence-corrected chi connectivity index (χ2v) is 2.55. The van der Waals surface area contributed by atoms with Crippen molar-refractivity contribution in [2.45, 2.75) is 13.8 Å². The average Bonchev–Trinajstić information content (AvgIpc) is 2.03. The second kappa shape index (κ2) is 3.22. The van der Waals surface area contributed by atoms with Crippen molar-refractivity contribution in [2.24, 2.45) is 0 Å². The first-order valence-electron chi connectivity index (χ1n) is 3.61. The number of ether oxygens (including phenoxy) is 1. The Labute approximate surface area is 71.6 Å². The standard InChI is InChI=1S/C9H10N2O/c1-6-4-8(5-10)11-7(2)9(6)12-3/h4H,1-3H3. The lowest BCUT2D eigenvalue weighted by Gasteiger charge is -2.06. The average molecular weight is 162 g/mol. The number of hydrogen-bond donors (Lipinski definition) is 0. The van der Waals surface area contributed by atoms with Gasteiger partial charge in [-0.25, -0.2) is 4.98 Å². The molecule has 0 atom stereocenters. The van der Waals surface area contributed by atoms with Gasteiger partial charge in [0.2, 0.25) is 0 Å². The minimum Gasteiger partial charge on any atom is -0.495 e. The van der Waals surface area contributed by atoms with E-state index in [9.17, 15) is 0 Å². The van der Waals surface area contributed by atoms with Crippen LogP contribution in [-0.2, 0) is 0 Å². The van der Waals surface area contributed by atoms with Gasteiger partial charge in [0.1, 0.15) is 17.5 Å². The molecule has 0 radical (unpaired) electrons. The van der Waals surface area contributed by atoms with Crippen molar-refractivity contribution in [3.63, 3.8) is 0 Å². The smallest absolute Gasteiger partial charge is 0.143 e. The third kappa shape index (κ3) is 1.37. The molecule has 0 N–H and O–H groups in total. The zero-order chi connectivity index (χ0) is 9.14. The van der Waals surface area contributed by atoms with E-state index in [0.29, 0.717) is 5.69 Å². The van der Waals surface area contributed by atoms with Crippen LogP contribution in [0.1, 0.15) is 17.0 Å². The minimum atomic E-state index is 0.436. The molecule has 0 aromatic carbocycles. The fourth-order valence-electron chi connectivity index (χ4n) is 1.19. The van der Waals surface area contributed by atoms with Gasteiger partial charge in [-0.2, -0.15) is 5.26 Å². The van der Waals surface area contributed by atoms with Gasteiger partial charge in [-0.1, -0.05) is 0 Å². The molecule has 12 heavy (non-hydrogen) atoms. The first kappa shape index (κ1) is 8.54. The second-order valence-electron chi connectivity index (χ2n) is 2.55. The number of aromatic nitrogens is 1. The van der Waals surface area contributed by atoms with Gasteiger partial charge in [0.05, 0.1) is 12.8 Å². The lowest BCUT2D eigenvalue weighted by molar-refractivity contribution is 0.406. The van der Waals surface area contributed by atoms with E-state index >= 15 is 0 Å². The first-order valence-corrected chi connectivity index (χ1v) is 3.61. The monoisotopic (exact) mass is 162 g/mol. The maximum absolute atomic E-state index is 8.60. The van der Waals surface area contributed by atoms with E-state index in [1.54, 1.807) is 13.2 Å². The Balaban J connectivity index is 3.30. The predicted octanol–water partition coefficient (Wildman–Crippen LogP) is 1.58. The highest BCUT2D eigenvalue weighted by Crippen LogP contribution is 2.20. The Kier molecular flexibility index (Phi) is 2.29. The van der Waals surface area contributed by atoms with E-state index < -0.39 is 0 Å². The summed E-state index contributed by atoms with van der Waals surface area (Å²) in [7, 11) is 1.60. The molecule has 1 aromatic rings. The molecule has 0 spiro atoms. The summed E-state index contributed by atoms with van der Waals surface area (Å²) < 4.78 is 5.10. The molecule has 0 saturated heterocycles. The van der Waals surface area contributed by atoms with E-state index in [2.05, 4.69) is 4.98 Å². The Hall–Kier alpha value is -1.56. The van der Waals surface area contributed by atoms with Crippen LogP contribution in [0.3, 0.4) is 0 Å². The molecule has 1 heterocycles. The molecule has 3 nitrogen and oxygen atoms in total. The summed E-state index contributed by atoms with van der Waals surface area (Å²) in [6.45, 7) is 3.72. The third-order valence-corrected chi connectivity index (χ3v) is 1.65. The first-order chi connectivity index (χ1) is 5.69. The molecule has 0 aliphatic carbocycles. The minimum absolute atomic E-state index is 0.436. The van der Waals surface area contributed by atoms with Gasteiger partial charge in [-0.3, -0.25) is 0 Å². The predicted molar refractivity (Wildman–Crippen MR) is 45.0 cm³/mol. The molecule has 0 fully saturated rings. The summed E-state index contributed by atoms with van der Waals surface area (Å²) in [5.41, 5.74) is 2.14. The number of methoxy groups -OCH3 is 1. The molecule has 0 bridgehead atoms. The van der Waals surface area contributed by atoms with Gasteiger partial charge in [0.15, 0.2) is 0 Å². The highest BCUT2D eigenvalue weighted by atomic mass is 16.5. The molecule has 0 unspecified atom stereocenters. The topological polar surface area (TPSA) is 45.9 Å². The maximum atomic E-state index is 8.60. The summed E-state index contributed by atoms with van der Waals surface area (Å²) in [4.78, 5) is 4.04. The van der Waals surface area contributed by atoms with Crippen molar-refractivity contribution in [1.82, 2.24) is 4.98 Å². The van der Waals surface area contributed by atoms with Crippen molar-refractivity contribution < 1.29 is 4.74 Å². The number of nitriles is 1. The SMILES string of the molecule is COc1c(C)cc(C#N)nc1C. The normalized spacial score (nSPS) is 9.17. The highest BCUT2D eigenvalue weighted by molar-refractivity contribution is 5.40. The van der Waals surface area contributed by atoms with Crippen LogP contribution in [0.25, 0.3) is 0 Å². The Bertz CT molecular complexity index is 316. The molecule has 0 amide bonds. The molecule has 0 saturated carbocycles. The molecule has 1 rings (SSSR count). The largest absolute Gasteiger partial charge is 0.495 e. The van der Waals surface area contributed by atoms with Crippen molar-refractivity contribution in [2.75, 3.05) is 7.11 Å². The highest BCUT2D eigenvalue weighted by Gasteiger charge is 2.05. The van der Waals surface area contributed by atoms with E-state index in [0.717, 1.165) is 17.0 Å². The van der Waals surface area contributed by atoms with Crippen LogP contribution in [0, 0.1) is 25.2 Å². The number of hydrogen-bond acceptors (Lipinski definition) is 3. The van der Waals surface area contributed by atoms with Gasteiger partial charge in [0, 0.05) is 0 Å². The molecular formula is C9H10N2O. The van der Waals surface area contributed by atoms with Gasteiger partial charge in [0.25, 0.3) is 0 Å². The third-order valence-electron chi connectivity index (χ3n) is 1.65. The molecule has 0 aliphatic rings. The van der Waals surface area contributed by atoms with Crippen LogP contribution in [0.2, 0.25) is 0 Å². The van der Waals surface area contributed by atoms with Gasteiger partial charge < -0.3 is 4.74 Å². The van der Waals surface area contributed by atoms with Crippen molar-refractivity contribution in [3.8, 4) is 11.8 Å². The Morgan fingerprint density at radius 2 is 2.17 bits per heavy atom. The number of aryl methyl sites for hydroxylation is 2. The van der Waals surface area contributed by atoms with E-state index in [1.807, 2.05) is 19.9 Å². The summed E-state index contributed by atoms with van der Waals surface area (Å²) in [5.74, 6) is 0.758. The maximum Gasteiger partial charge on any atom is 0.143 e. The van der Waals surface area contributed by atoms with Crippen LogP contribution < -0.4 is 4.74 Å². The lowest BCUT2D eigenvalue weighted by atomic mass is 10.2. The van der Waals surface area contributed by atoms with E-state index in [4.69, 9.17) is 10.00 Å². The zero-order valence-electron chi connectivity index (χ0n) is 7.38. The summed E-state index contributed by atoms with van der Waals surface area (Å²) >= 11 is 0. The van der Waals surface area contributed by atoms with Gasteiger partial charge in [-0.05, 0) is 25.5 Å². The van der Waals surface area contributed by atoms with Crippen LogP contribution >= 0.6 is 0 Å². The fraction of sp³-hybridized carbons (Fsp3) is 0.333. The molecule has 1 aromatic heterocycles. The molecule has 0 aliphatic heterocycles. The van der Waals surface area contributed by atoms with Crippen LogP contribution in [-0.4, -0.2) is 12.1 Å². The number of rotatable bonds is 1. The van der Waals surface area contributed by atoms with Crippen molar-refractivity contribution >= 4 is 0 Å². The number of nitrogens with zero attached hydrogens (tertiary/aromatic N) is 2. The molecular weight excluding hydrogens is 152 g/mol. The van der Waals surface area contributed by atoms with E-state index in [-0.39, 0.29) is 0 Å². The molecule has 3 heteroatoms. The Morgan fingerprint density at radius 3 is 2.58 bits per heavy atom. The number of pyridine rings is 1. The summed E-state index contributed by atoms with van der Waals surface area (Å²) in [6, 6.07) is 3.71. The Morgan fingerprint density at radius 1 is 1.50 bits per heavy atom. The fourth-order valence-corrected chi connectivity index (χ4v) is 1.19. The van der Waals surface area contributed by atoms with Crippen molar-refractivity contribution in [1.29, 1.82) is 5.26 Å². The van der Waals surface area contributed by atoms with Crippen LogP contribution in [0.15, 0.2) is 6.07 Å². The lowest BCUT2D eigenvalue weighted by Crippen LogP contribution is -1.95.